The van der Waals surface area contributed by atoms with Gasteiger partial charge in [0.05, 0.1) is 7.11 Å². The van der Waals surface area contributed by atoms with E-state index in [1.165, 1.54) is 31.4 Å². The molecule has 1 aromatic carbocycles. The van der Waals surface area contributed by atoms with Crippen molar-refractivity contribution in [2.45, 2.75) is 13.0 Å². The lowest BCUT2D eigenvalue weighted by molar-refractivity contribution is -0.139. The molecule has 0 spiro atoms. The number of rotatable bonds is 5. The van der Waals surface area contributed by atoms with E-state index in [2.05, 4.69) is 10.1 Å². The van der Waals surface area contributed by atoms with Crippen LogP contribution in [0, 0.1) is 0 Å². The third-order valence-corrected chi connectivity index (χ3v) is 2.38. The number of aliphatic carboxylic acids is 1. The van der Waals surface area contributed by atoms with Crippen LogP contribution < -0.4 is 5.32 Å². The zero-order valence-corrected chi connectivity index (χ0v) is 10.6. The highest BCUT2D eigenvalue weighted by Gasteiger charge is 2.19. The number of hydrogen-bond donors (Lipinski definition) is 3. The minimum atomic E-state index is -1.09. The van der Waals surface area contributed by atoms with Gasteiger partial charge in [-0.1, -0.05) is 12.1 Å². The number of phenolic OH excluding ortho intramolecular Hbond substituents is 1. The molecule has 0 aliphatic carbocycles. The van der Waals surface area contributed by atoms with Gasteiger partial charge in [0.25, 0.3) is 0 Å². The van der Waals surface area contributed by atoms with Crippen molar-refractivity contribution in [3.8, 4) is 5.75 Å². The standard InChI is InChI=1S/C13H15NO5/c1-8(7-11(16)19-2)14-12(13(17)18)9-3-5-10(15)6-4-9/h3-7,12,14-15H,1-2H3,(H,17,18)/t12-/m1/s1. The number of methoxy groups -OCH3 is 1. The lowest BCUT2D eigenvalue weighted by Crippen LogP contribution is -2.27. The van der Waals surface area contributed by atoms with E-state index in [1.54, 1.807) is 6.92 Å². The van der Waals surface area contributed by atoms with Gasteiger partial charge in [0, 0.05) is 11.8 Å². The van der Waals surface area contributed by atoms with E-state index in [-0.39, 0.29) is 5.75 Å². The van der Waals surface area contributed by atoms with Crippen LogP contribution in [0.3, 0.4) is 0 Å². The van der Waals surface area contributed by atoms with Gasteiger partial charge >= 0.3 is 11.9 Å². The highest BCUT2D eigenvalue weighted by molar-refractivity contribution is 5.83. The van der Waals surface area contributed by atoms with Crippen LogP contribution in [0.25, 0.3) is 0 Å². The Morgan fingerprint density at radius 3 is 2.37 bits per heavy atom. The van der Waals surface area contributed by atoms with Gasteiger partial charge in [-0.05, 0) is 24.6 Å². The SMILES string of the molecule is COC(=O)C=C(C)N[C@@H](C(=O)O)c1ccc(O)cc1. The normalized spacial score (nSPS) is 12.6. The number of benzene rings is 1. The Hall–Kier alpha value is -2.50. The largest absolute Gasteiger partial charge is 0.508 e. The fourth-order valence-electron chi connectivity index (χ4n) is 1.46. The molecule has 1 rings (SSSR count). The van der Waals surface area contributed by atoms with Gasteiger partial charge in [-0.25, -0.2) is 9.59 Å². The van der Waals surface area contributed by atoms with Crippen LogP contribution in [-0.4, -0.2) is 29.3 Å². The maximum absolute atomic E-state index is 11.2. The molecule has 102 valence electrons. The Bertz CT molecular complexity index is 492. The van der Waals surface area contributed by atoms with Crippen molar-refractivity contribution in [3.63, 3.8) is 0 Å². The summed E-state index contributed by atoms with van der Waals surface area (Å²) in [5, 5.41) is 21.0. The topological polar surface area (TPSA) is 95.9 Å². The molecule has 6 heteroatoms. The van der Waals surface area contributed by atoms with Crippen molar-refractivity contribution in [1.82, 2.24) is 5.32 Å². The molecule has 0 aromatic heterocycles. The number of phenols is 1. The Labute approximate surface area is 110 Å². The monoisotopic (exact) mass is 265 g/mol. The Morgan fingerprint density at radius 2 is 1.89 bits per heavy atom. The van der Waals surface area contributed by atoms with Crippen LogP contribution in [-0.2, 0) is 14.3 Å². The average Bonchev–Trinajstić information content (AvgIpc) is 2.36. The molecule has 0 saturated carbocycles. The maximum atomic E-state index is 11.2. The molecule has 1 aromatic rings. The number of allylic oxidation sites excluding steroid dienone is 1. The maximum Gasteiger partial charge on any atom is 0.332 e. The molecule has 0 aliphatic rings. The van der Waals surface area contributed by atoms with Gasteiger partial charge in [0.2, 0.25) is 0 Å². The molecule has 0 fully saturated rings. The number of nitrogens with one attached hydrogen (secondary N) is 1. The van der Waals surface area contributed by atoms with Crippen molar-refractivity contribution in [2.24, 2.45) is 0 Å². The number of carboxylic acid groups (broad SMARTS) is 1. The highest BCUT2D eigenvalue weighted by atomic mass is 16.5. The number of carbonyl (C=O) groups excluding carboxylic acids is 1. The van der Waals surface area contributed by atoms with Crippen LogP contribution in [0.2, 0.25) is 0 Å². The second-order valence-electron chi connectivity index (χ2n) is 3.86. The number of esters is 1. The number of carbonyl (C=O) groups is 2. The van der Waals surface area contributed by atoms with Crippen LogP contribution in [0.1, 0.15) is 18.5 Å². The molecule has 0 heterocycles. The van der Waals surface area contributed by atoms with Gasteiger partial charge in [0.15, 0.2) is 0 Å². The van der Waals surface area contributed by atoms with E-state index in [0.29, 0.717) is 11.3 Å². The van der Waals surface area contributed by atoms with Gasteiger partial charge in [-0.15, -0.1) is 0 Å². The van der Waals surface area contributed by atoms with Gasteiger partial charge in [-0.3, -0.25) is 0 Å². The number of aromatic hydroxyl groups is 1. The second kappa shape index (κ2) is 6.44. The van der Waals surface area contributed by atoms with Crippen LogP contribution >= 0.6 is 0 Å². The summed E-state index contributed by atoms with van der Waals surface area (Å²) in [4.78, 5) is 22.2. The van der Waals surface area contributed by atoms with E-state index in [9.17, 15) is 9.59 Å². The molecular weight excluding hydrogens is 250 g/mol. The molecule has 1 atom stereocenters. The molecule has 19 heavy (non-hydrogen) atoms. The van der Waals surface area contributed by atoms with Crippen molar-refractivity contribution in [1.29, 1.82) is 0 Å². The summed E-state index contributed by atoms with van der Waals surface area (Å²) >= 11 is 0. The predicted octanol–water partition coefficient (Wildman–Crippen LogP) is 1.18. The van der Waals surface area contributed by atoms with E-state index in [4.69, 9.17) is 10.2 Å². The summed E-state index contributed by atoms with van der Waals surface area (Å²) in [6.45, 7) is 1.56. The van der Waals surface area contributed by atoms with Gasteiger partial charge < -0.3 is 20.3 Å². The molecule has 0 unspecified atom stereocenters. The average molecular weight is 265 g/mol. The quantitative estimate of drug-likeness (QED) is 0.546. The Kier molecular flexibility index (Phi) is 4.93. The minimum absolute atomic E-state index is 0.0507. The molecule has 0 bridgehead atoms. The van der Waals surface area contributed by atoms with Crippen molar-refractivity contribution in [2.75, 3.05) is 7.11 Å². The first-order chi connectivity index (χ1) is 8.93. The predicted molar refractivity (Wildman–Crippen MR) is 67.4 cm³/mol. The first-order valence-corrected chi connectivity index (χ1v) is 5.48. The zero-order valence-electron chi connectivity index (χ0n) is 10.6. The smallest absolute Gasteiger partial charge is 0.332 e. The van der Waals surface area contributed by atoms with Crippen molar-refractivity contribution >= 4 is 11.9 Å². The zero-order chi connectivity index (χ0) is 14.4. The number of carboxylic acids is 1. The minimum Gasteiger partial charge on any atom is -0.508 e. The lowest BCUT2D eigenvalue weighted by atomic mass is 10.1. The van der Waals surface area contributed by atoms with Gasteiger partial charge in [-0.2, -0.15) is 0 Å². The van der Waals surface area contributed by atoms with Crippen molar-refractivity contribution in [3.05, 3.63) is 41.6 Å². The number of ether oxygens (including phenoxy) is 1. The molecule has 0 radical (unpaired) electrons. The van der Waals surface area contributed by atoms with Crippen LogP contribution in [0.4, 0.5) is 0 Å². The van der Waals surface area contributed by atoms with E-state index in [0.717, 1.165) is 6.08 Å². The van der Waals surface area contributed by atoms with Crippen molar-refractivity contribution < 1.29 is 24.5 Å². The first kappa shape index (κ1) is 14.6. The summed E-state index contributed by atoms with van der Waals surface area (Å²) in [7, 11) is 1.24. The van der Waals surface area contributed by atoms with Crippen LogP contribution in [0.15, 0.2) is 36.0 Å². The molecular formula is C13H15NO5. The molecule has 0 aliphatic heterocycles. The molecule has 3 N–H and O–H groups in total. The van der Waals surface area contributed by atoms with Crippen LogP contribution in [0.5, 0.6) is 5.75 Å². The van der Waals surface area contributed by atoms with E-state index >= 15 is 0 Å². The molecule has 6 nitrogen and oxygen atoms in total. The fraction of sp³-hybridized carbons (Fsp3) is 0.231. The van der Waals surface area contributed by atoms with E-state index in [1.807, 2.05) is 0 Å². The van der Waals surface area contributed by atoms with E-state index < -0.39 is 18.0 Å². The third-order valence-electron chi connectivity index (χ3n) is 2.38. The summed E-state index contributed by atoms with van der Waals surface area (Å²) in [6.07, 6.45) is 1.16. The molecule has 0 saturated heterocycles. The summed E-state index contributed by atoms with van der Waals surface area (Å²) in [6, 6.07) is 4.76. The molecule has 0 amide bonds. The summed E-state index contributed by atoms with van der Waals surface area (Å²) in [5.74, 6) is -1.61. The second-order valence-corrected chi connectivity index (χ2v) is 3.86. The third kappa shape index (κ3) is 4.34. The Balaban J connectivity index is 2.91. The first-order valence-electron chi connectivity index (χ1n) is 5.48. The summed E-state index contributed by atoms with van der Waals surface area (Å²) in [5.41, 5.74) is 0.829. The van der Waals surface area contributed by atoms with Gasteiger partial charge in [0.1, 0.15) is 11.8 Å². The highest BCUT2D eigenvalue weighted by Crippen LogP contribution is 2.18. The number of hydrogen-bond acceptors (Lipinski definition) is 5. The Morgan fingerprint density at radius 1 is 1.32 bits per heavy atom. The summed E-state index contributed by atoms with van der Waals surface area (Å²) < 4.78 is 4.45. The fourth-order valence-corrected chi connectivity index (χ4v) is 1.46. The lowest BCUT2D eigenvalue weighted by Gasteiger charge is -2.16.